The molecule has 0 saturated heterocycles. The fraction of sp³-hybridized carbons (Fsp3) is 0.0714. The van der Waals surface area contributed by atoms with Crippen LogP contribution in [0.25, 0.3) is 5.57 Å². The van der Waals surface area contributed by atoms with Crippen LogP contribution in [0.4, 0.5) is 5.69 Å². The molecule has 1 aliphatic heterocycles. The summed E-state index contributed by atoms with van der Waals surface area (Å²) in [6.45, 7) is 2.23. The number of aryl methyl sites for hydroxylation is 1. The van der Waals surface area contributed by atoms with E-state index in [4.69, 9.17) is 0 Å². The first-order valence-electron chi connectivity index (χ1n) is 10.7. The summed E-state index contributed by atoms with van der Waals surface area (Å²) in [5.41, 5.74) is 4.81. The Morgan fingerprint density at radius 1 is 0.727 bits per heavy atom. The summed E-state index contributed by atoms with van der Waals surface area (Å²) in [7, 11) is -3.74. The lowest BCUT2D eigenvalue weighted by atomic mass is 9.94. The Balaban J connectivity index is 1.70. The van der Waals surface area contributed by atoms with Gasteiger partial charge >= 0.3 is 0 Å². The van der Waals surface area contributed by atoms with Crippen LogP contribution in [-0.2, 0) is 10.0 Å². The summed E-state index contributed by atoms with van der Waals surface area (Å²) in [6.07, 6.45) is 0. The average molecular weight is 470 g/mol. The molecule has 33 heavy (non-hydrogen) atoms. The molecule has 0 saturated carbocycles. The zero-order chi connectivity index (χ0) is 22.8. The Labute approximate surface area is 199 Å². The lowest BCUT2D eigenvalue weighted by Crippen LogP contribution is -2.35. The molecule has 0 aromatic heterocycles. The van der Waals surface area contributed by atoms with Gasteiger partial charge in [0.1, 0.15) is 0 Å². The first-order valence-corrected chi connectivity index (χ1v) is 13.0. The number of anilines is 1. The van der Waals surface area contributed by atoms with Gasteiger partial charge in [0.2, 0.25) is 0 Å². The van der Waals surface area contributed by atoms with Crippen molar-refractivity contribution < 1.29 is 8.42 Å². The maximum absolute atomic E-state index is 13.8. The lowest BCUT2D eigenvalue weighted by molar-refractivity contribution is 0.592. The second kappa shape index (κ2) is 8.93. The number of benzene rings is 4. The third-order valence-electron chi connectivity index (χ3n) is 5.66. The maximum Gasteiger partial charge on any atom is 0.264 e. The van der Waals surface area contributed by atoms with Crippen LogP contribution < -0.4 is 4.31 Å². The Kier molecular flexibility index (Phi) is 5.83. The van der Waals surface area contributed by atoms with Gasteiger partial charge in [-0.1, -0.05) is 96.2 Å². The molecule has 0 unspecified atom stereocenters. The average Bonchev–Trinajstić information content (AvgIpc) is 2.85. The van der Waals surface area contributed by atoms with Crippen LogP contribution in [-0.4, -0.2) is 15.0 Å². The predicted molar refractivity (Wildman–Crippen MR) is 137 cm³/mol. The van der Waals surface area contributed by atoms with Gasteiger partial charge in [-0.3, -0.25) is 4.31 Å². The van der Waals surface area contributed by atoms with Gasteiger partial charge < -0.3 is 0 Å². The van der Waals surface area contributed by atoms with Gasteiger partial charge in [0, 0.05) is 20.9 Å². The molecule has 0 fully saturated rings. The molecule has 1 heterocycles. The molecule has 0 N–H and O–H groups in total. The number of hydrogen-bond donors (Lipinski definition) is 0. The quantitative estimate of drug-likeness (QED) is 0.324. The van der Waals surface area contributed by atoms with Crippen molar-refractivity contribution in [2.45, 2.75) is 16.7 Å². The van der Waals surface area contributed by atoms with E-state index in [0.29, 0.717) is 10.6 Å². The van der Waals surface area contributed by atoms with E-state index in [1.165, 1.54) is 0 Å². The van der Waals surface area contributed by atoms with E-state index in [1.807, 2.05) is 79.7 Å². The summed E-state index contributed by atoms with van der Waals surface area (Å²) in [6, 6.07) is 35.1. The van der Waals surface area contributed by atoms with E-state index in [9.17, 15) is 8.42 Å². The molecule has 0 amide bonds. The van der Waals surface area contributed by atoms with Crippen molar-refractivity contribution in [2.24, 2.45) is 0 Å². The number of rotatable bonds is 5. The molecule has 5 heteroatoms. The van der Waals surface area contributed by atoms with Crippen molar-refractivity contribution in [3.05, 3.63) is 131 Å². The highest BCUT2D eigenvalue weighted by Gasteiger charge is 2.33. The molecular formula is C28H23NO2S2. The molecule has 4 aromatic rings. The number of nitrogens with zero attached hydrogens (tertiary/aromatic N) is 1. The van der Waals surface area contributed by atoms with Crippen molar-refractivity contribution in [1.29, 1.82) is 0 Å². The number of fused-ring (bicyclic) bond motifs is 1. The van der Waals surface area contributed by atoms with E-state index in [2.05, 4.69) is 24.3 Å². The Hall–Kier alpha value is -3.28. The molecule has 164 valence electrons. The van der Waals surface area contributed by atoms with E-state index in [0.717, 1.165) is 32.1 Å². The van der Waals surface area contributed by atoms with Crippen LogP contribution in [0.2, 0.25) is 0 Å². The SMILES string of the molecule is Cc1ccc(S(=O)(=O)N2CC(Sc3ccccc3)=C(c3ccccc3)c3ccccc32)cc1. The van der Waals surface area contributed by atoms with Crippen molar-refractivity contribution in [1.82, 2.24) is 0 Å². The van der Waals surface area contributed by atoms with E-state index in [-0.39, 0.29) is 6.54 Å². The highest BCUT2D eigenvalue weighted by Crippen LogP contribution is 2.45. The fourth-order valence-corrected chi connectivity index (χ4v) is 6.67. The number of sulfonamides is 1. The summed E-state index contributed by atoms with van der Waals surface area (Å²) >= 11 is 1.62. The summed E-state index contributed by atoms with van der Waals surface area (Å²) in [5.74, 6) is 0. The molecule has 0 bridgehead atoms. The normalized spacial score (nSPS) is 13.7. The minimum atomic E-state index is -3.74. The second-order valence-corrected chi connectivity index (χ2v) is 11.0. The zero-order valence-electron chi connectivity index (χ0n) is 18.2. The van der Waals surface area contributed by atoms with Crippen LogP contribution >= 0.6 is 11.8 Å². The van der Waals surface area contributed by atoms with Gasteiger partial charge in [-0.05, 0) is 42.8 Å². The minimum Gasteiger partial charge on any atom is -0.261 e. The lowest BCUT2D eigenvalue weighted by Gasteiger charge is -2.33. The van der Waals surface area contributed by atoms with Crippen LogP contribution in [0.15, 0.2) is 124 Å². The van der Waals surface area contributed by atoms with Crippen LogP contribution in [0.5, 0.6) is 0 Å². The molecule has 0 atom stereocenters. The third-order valence-corrected chi connectivity index (χ3v) is 8.53. The molecule has 5 rings (SSSR count). The highest BCUT2D eigenvalue weighted by atomic mass is 32.2. The minimum absolute atomic E-state index is 0.275. The van der Waals surface area contributed by atoms with Gasteiger partial charge in [0.15, 0.2) is 0 Å². The van der Waals surface area contributed by atoms with Crippen LogP contribution in [0.1, 0.15) is 16.7 Å². The maximum atomic E-state index is 13.8. The topological polar surface area (TPSA) is 37.4 Å². The number of para-hydroxylation sites is 1. The Morgan fingerprint density at radius 2 is 1.33 bits per heavy atom. The van der Waals surface area contributed by atoms with Gasteiger partial charge in [-0.25, -0.2) is 8.42 Å². The standard InChI is InChI=1S/C28H23NO2S2/c1-21-16-18-24(19-17-21)33(30,31)29-20-27(32-23-12-6-3-7-13-23)28(22-10-4-2-5-11-22)25-14-8-9-15-26(25)29/h2-19H,20H2,1H3. The number of thioether (sulfide) groups is 1. The second-order valence-electron chi connectivity index (χ2n) is 7.92. The van der Waals surface area contributed by atoms with Gasteiger partial charge in [0.25, 0.3) is 10.0 Å². The first-order chi connectivity index (χ1) is 16.0. The molecule has 0 radical (unpaired) electrons. The van der Waals surface area contributed by atoms with Crippen LogP contribution in [0.3, 0.4) is 0 Å². The van der Waals surface area contributed by atoms with Gasteiger partial charge in [-0.15, -0.1) is 0 Å². The smallest absolute Gasteiger partial charge is 0.261 e. The summed E-state index contributed by atoms with van der Waals surface area (Å²) in [5, 5.41) is 0. The fourth-order valence-electron chi connectivity index (χ4n) is 4.03. The third kappa shape index (κ3) is 4.22. The first kappa shape index (κ1) is 21.6. The van der Waals surface area contributed by atoms with Gasteiger partial charge in [0.05, 0.1) is 17.1 Å². The zero-order valence-corrected chi connectivity index (χ0v) is 19.8. The molecule has 4 aromatic carbocycles. The largest absolute Gasteiger partial charge is 0.264 e. The monoisotopic (exact) mass is 469 g/mol. The van der Waals surface area contributed by atoms with E-state index in [1.54, 1.807) is 28.2 Å². The molecule has 1 aliphatic rings. The van der Waals surface area contributed by atoms with Crippen molar-refractivity contribution >= 4 is 33.0 Å². The van der Waals surface area contributed by atoms with Crippen molar-refractivity contribution in [3.63, 3.8) is 0 Å². The summed E-state index contributed by atoms with van der Waals surface area (Å²) < 4.78 is 29.1. The predicted octanol–water partition coefficient (Wildman–Crippen LogP) is 6.76. The van der Waals surface area contributed by atoms with E-state index < -0.39 is 10.0 Å². The Bertz CT molecular complexity index is 1410. The van der Waals surface area contributed by atoms with Gasteiger partial charge in [-0.2, -0.15) is 0 Å². The molecule has 0 aliphatic carbocycles. The molecule has 0 spiro atoms. The Morgan fingerprint density at radius 3 is 2.03 bits per heavy atom. The number of hydrogen-bond acceptors (Lipinski definition) is 3. The van der Waals surface area contributed by atoms with Crippen molar-refractivity contribution in [3.8, 4) is 0 Å². The highest BCUT2D eigenvalue weighted by molar-refractivity contribution is 8.03. The van der Waals surface area contributed by atoms with E-state index >= 15 is 0 Å². The molecule has 3 nitrogen and oxygen atoms in total. The van der Waals surface area contributed by atoms with Crippen molar-refractivity contribution in [2.75, 3.05) is 10.8 Å². The molecular weight excluding hydrogens is 446 g/mol. The summed E-state index contributed by atoms with van der Waals surface area (Å²) in [4.78, 5) is 2.38. The van der Waals surface area contributed by atoms with Crippen LogP contribution in [0, 0.1) is 6.92 Å².